The van der Waals surface area contributed by atoms with Crippen molar-refractivity contribution in [1.29, 1.82) is 0 Å². The zero-order chi connectivity index (χ0) is 13.0. The van der Waals surface area contributed by atoms with E-state index in [0.29, 0.717) is 17.5 Å². The van der Waals surface area contributed by atoms with E-state index in [1.54, 1.807) is 17.8 Å². The Labute approximate surface area is 113 Å². The Balaban J connectivity index is 2.18. The van der Waals surface area contributed by atoms with E-state index in [2.05, 4.69) is 26.3 Å². The molecule has 2 rings (SSSR count). The minimum Gasteiger partial charge on any atom is -0.383 e. The van der Waals surface area contributed by atoms with Crippen molar-refractivity contribution in [3.05, 3.63) is 36.2 Å². The van der Waals surface area contributed by atoms with Crippen LogP contribution in [-0.2, 0) is 4.74 Å². The van der Waals surface area contributed by atoms with Crippen molar-refractivity contribution < 1.29 is 9.53 Å². The van der Waals surface area contributed by atoms with Gasteiger partial charge in [-0.05, 0) is 12.1 Å². The van der Waals surface area contributed by atoms with Crippen LogP contribution >= 0.6 is 15.9 Å². The van der Waals surface area contributed by atoms with Crippen LogP contribution in [-0.4, -0.2) is 40.6 Å². The van der Waals surface area contributed by atoms with E-state index in [1.807, 2.05) is 24.4 Å². The van der Waals surface area contributed by atoms with Gasteiger partial charge in [0.05, 0.1) is 29.9 Å². The van der Waals surface area contributed by atoms with Crippen LogP contribution < -0.4 is 5.32 Å². The van der Waals surface area contributed by atoms with Crippen molar-refractivity contribution in [3.63, 3.8) is 0 Å². The molecule has 0 spiro atoms. The minimum absolute atomic E-state index is 0.0545. The van der Waals surface area contributed by atoms with Crippen LogP contribution in [0.3, 0.4) is 0 Å². The molecule has 96 valence electrons. The van der Waals surface area contributed by atoms with Crippen LogP contribution in [0.15, 0.2) is 30.6 Å². The Morgan fingerprint density at radius 1 is 1.61 bits per heavy atom. The molecule has 0 aliphatic carbocycles. The molecule has 1 unspecified atom stereocenters. The molecule has 0 fully saturated rings. The summed E-state index contributed by atoms with van der Waals surface area (Å²) in [6.45, 7) is 0.468. The number of aromatic nitrogens is 2. The van der Waals surface area contributed by atoms with Gasteiger partial charge in [0.25, 0.3) is 5.91 Å². The first kappa shape index (κ1) is 13.0. The van der Waals surface area contributed by atoms with Crippen LogP contribution in [0.25, 0.3) is 5.52 Å². The topological polar surface area (TPSA) is 55.6 Å². The van der Waals surface area contributed by atoms with Crippen LogP contribution in [0.1, 0.15) is 10.4 Å². The van der Waals surface area contributed by atoms with E-state index in [4.69, 9.17) is 4.74 Å². The molecule has 1 amide bonds. The number of hydrogen-bond donors (Lipinski definition) is 1. The van der Waals surface area contributed by atoms with Crippen molar-refractivity contribution in [2.75, 3.05) is 19.0 Å². The Kier molecular flexibility index (Phi) is 4.33. The number of halogens is 1. The third kappa shape index (κ3) is 2.70. The lowest BCUT2D eigenvalue weighted by atomic mass is 10.2. The number of pyridine rings is 1. The number of carbonyl (C=O) groups is 1. The first-order valence-electron chi connectivity index (χ1n) is 5.54. The lowest BCUT2D eigenvalue weighted by Gasteiger charge is -2.14. The van der Waals surface area contributed by atoms with Crippen LogP contribution in [0.5, 0.6) is 0 Å². The van der Waals surface area contributed by atoms with Gasteiger partial charge in [-0.3, -0.25) is 4.79 Å². The van der Waals surface area contributed by atoms with Gasteiger partial charge in [-0.1, -0.05) is 22.0 Å². The lowest BCUT2D eigenvalue weighted by Crippen LogP contribution is -2.39. The fourth-order valence-corrected chi connectivity index (χ4v) is 2.05. The summed E-state index contributed by atoms with van der Waals surface area (Å²) in [7, 11) is 1.61. The summed E-state index contributed by atoms with van der Waals surface area (Å²) in [5.74, 6) is -0.141. The van der Waals surface area contributed by atoms with E-state index >= 15 is 0 Å². The molecule has 2 heterocycles. The van der Waals surface area contributed by atoms with Crippen molar-refractivity contribution in [2.24, 2.45) is 0 Å². The second kappa shape index (κ2) is 5.97. The molecule has 0 saturated carbocycles. The molecule has 0 bridgehead atoms. The predicted molar refractivity (Wildman–Crippen MR) is 72.1 cm³/mol. The number of rotatable bonds is 5. The fraction of sp³-hybridized carbons (Fsp3) is 0.333. The minimum atomic E-state index is -0.141. The van der Waals surface area contributed by atoms with Gasteiger partial charge in [0, 0.05) is 18.6 Å². The van der Waals surface area contributed by atoms with Crippen molar-refractivity contribution in [1.82, 2.24) is 14.9 Å². The van der Waals surface area contributed by atoms with E-state index in [-0.39, 0.29) is 11.9 Å². The summed E-state index contributed by atoms with van der Waals surface area (Å²) in [6, 6.07) is 5.56. The average molecular weight is 312 g/mol. The van der Waals surface area contributed by atoms with Gasteiger partial charge in [-0.2, -0.15) is 5.10 Å². The molecule has 1 atom stereocenters. The Morgan fingerprint density at radius 3 is 3.17 bits per heavy atom. The highest BCUT2D eigenvalue weighted by Crippen LogP contribution is 2.10. The van der Waals surface area contributed by atoms with Gasteiger partial charge in [0.1, 0.15) is 0 Å². The molecule has 0 aliphatic heterocycles. The van der Waals surface area contributed by atoms with Gasteiger partial charge in [0.2, 0.25) is 0 Å². The summed E-state index contributed by atoms with van der Waals surface area (Å²) in [4.78, 5) is 12.1. The Bertz CT molecular complexity index is 541. The highest BCUT2D eigenvalue weighted by molar-refractivity contribution is 9.09. The summed E-state index contributed by atoms with van der Waals surface area (Å²) in [6.07, 6.45) is 3.38. The molecule has 5 nitrogen and oxygen atoms in total. The smallest absolute Gasteiger partial charge is 0.255 e. The van der Waals surface area contributed by atoms with Gasteiger partial charge >= 0.3 is 0 Å². The number of carbonyl (C=O) groups excluding carboxylic acids is 1. The predicted octanol–water partition coefficient (Wildman–Crippen LogP) is 1.47. The van der Waals surface area contributed by atoms with Crippen LogP contribution in [0, 0.1) is 0 Å². The third-order valence-corrected chi connectivity index (χ3v) is 3.34. The average Bonchev–Trinajstić information content (AvgIpc) is 2.82. The molecule has 0 radical (unpaired) electrons. The molecule has 1 N–H and O–H groups in total. The monoisotopic (exact) mass is 311 g/mol. The summed E-state index contributed by atoms with van der Waals surface area (Å²) in [5, 5.41) is 7.67. The Morgan fingerprint density at radius 2 is 2.44 bits per heavy atom. The number of methoxy groups -OCH3 is 1. The molecule has 2 aromatic rings. The maximum Gasteiger partial charge on any atom is 0.255 e. The summed E-state index contributed by atoms with van der Waals surface area (Å²) in [5.41, 5.74) is 1.36. The first-order chi connectivity index (χ1) is 8.76. The van der Waals surface area contributed by atoms with E-state index < -0.39 is 0 Å². The maximum absolute atomic E-state index is 12.1. The summed E-state index contributed by atoms with van der Waals surface area (Å²) >= 11 is 3.34. The fourth-order valence-electron chi connectivity index (χ4n) is 1.70. The molecule has 0 saturated heterocycles. The standard InChI is InChI=1S/C12H14BrN3O2/c1-18-8-9(6-13)15-12(17)10-7-14-16-5-3-2-4-11(10)16/h2-5,7,9H,6,8H2,1H3,(H,15,17). The number of nitrogens with one attached hydrogen (secondary N) is 1. The SMILES string of the molecule is COCC(CBr)NC(=O)c1cnn2ccccc12. The normalized spacial score (nSPS) is 12.6. The number of ether oxygens (including phenoxy) is 1. The van der Waals surface area contributed by atoms with Gasteiger partial charge in [-0.25, -0.2) is 4.52 Å². The number of amides is 1. The van der Waals surface area contributed by atoms with E-state index in [9.17, 15) is 4.79 Å². The van der Waals surface area contributed by atoms with Gasteiger partial charge < -0.3 is 10.1 Å². The highest BCUT2D eigenvalue weighted by Gasteiger charge is 2.16. The number of fused-ring (bicyclic) bond motifs is 1. The van der Waals surface area contributed by atoms with Crippen molar-refractivity contribution >= 4 is 27.4 Å². The lowest BCUT2D eigenvalue weighted by molar-refractivity contribution is 0.0909. The Hall–Kier alpha value is -1.40. The van der Waals surface area contributed by atoms with E-state index in [0.717, 1.165) is 5.52 Å². The van der Waals surface area contributed by atoms with Crippen LogP contribution in [0.4, 0.5) is 0 Å². The van der Waals surface area contributed by atoms with Gasteiger partial charge in [0.15, 0.2) is 0 Å². The molecule has 0 aliphatic rings. The van der Waals surface area contributed by atoms with Crippen molar-refractivity contribution in [3.8, 4) is 0 Å². The van der Waals surface area contributed by atoms with Crippen LogP contribution in [0.2, 0.25) is 0 Å². The molecule has 0 aromatic carbocycles. The number of hydrogen-bond acceptors (Lipinski definition) is 3. The quantitative estimate of drug-likeness (QED) is 0.851. The number of alkyl halides is 1. The maximum atomic E-state index is 12.1. The zero-order valence-corrected chi connectivity index (χ0v) is 11.6. The highest BCUT2D eigenvalue weighted by atomic mass is 79.9. The molecular weight excluding hydrogens is 298 g/mol. The van der Waals surface area contributed by atoms with E-state index in [1.165, 1.54) is 0 Å². The van der Waals surface area contributed by atoms with Gasteiger partial charge in [-0.15, -0.1) is 0 Å². The third-order valence-electron chi connectivity index (χ3n) is 2.56. The number of nitrogens with zero attached hydrogens (tertiary/aromatic N) is 2. The second-order valence-electron chi connectivity index (χ2n) is 3.87. The molecule has 6 heteroatoms. The molecular formula is C12H14BrN3O2. The molecule has 18 heavy (non-hydrogen) atoms. The summed E-state index contributed by atoms with van der Waals surface area (Å²) < 4.78 is 6.71. The second-order valence-corrected chi connectivity index (χ2v) is 4.52. The zero-order valence-electron chi connectivity index (χ0n) is 9.97. The largest absolute Gasteiger partial charge is 0.383 e. The molecule has 2 aromatic heterocycles. The first-order valence-corrected chi connectivity index (χ1v) is 6.66. The van der Waals surface area contributed by atoms with Crippen molar-refractivity contribution in [2.45, 2.75) is 6.04 Å².